The second-order valence-corrected chi connectivity index (χ2v) is 9.59. The van der Waals surface area contributed by atoms with Gasteiger partial charge < -0.3 is 9.47 Å². The van der Waals surface area contributed by atoms with Crippen molar-refractivity contribution < 1.29 is 19.1 Å². The van der Waals surface area contributed by atoms with Gasteiger partial charge in [0.1, 0.15) is 12.4 Å². The van der Waals surface area contributed by atoms with Gasteiger partial charge in [0.2, 0.25) is 0 Å². The van der Waals surface area contributed by atoms with Gasteiger partial charge in [-0.3, -0.25) is 14.5 Å². The average molecular weight is 635 g/mol. The molecule has 1 saturated heterocycles. The number of imide groups is 1. The van der Waals surface area contributed by atoms with Gasteiger partial charge in [0.25, 0.3) is 11.1 Å². The van der Waals surface area contributed by atoms with Crippen molar-refractivity contribution in [3.05, 3.63) is 65.6 Å². The predicted molar refractivity (Wildman–Crippen MR) is 132 cm³/mol. The first kappa shape index (κ1) is 22.6. The number of ether oxygens (including phenoxy) is 2. The topological polar surface area (TPSA) is 55.8 Å². The van der Waals surface area contributed by atoms with Crippen LogP contribution in [0.5, 0.6) is 5.75 Å². The van der Waals surface area contributed by atoms with Gasteiger partial charge in [0.15, 0.2) is 0 Å². The standard InChI is InChI=1S/C21H19I2NO4S/c1-27-9-5-8-24-20(25)18(29-21(24)26)12-15-10-16(22)19(17(23)11-15)28-13-14-6-3-2-4-7-14/h2-4,6-7,10-12H,5,8-9,13H2,1H3/b18-12+. The summed E-state index contributed by atoms with van der Waals surface area (Å²) in [5, 5.41) is -0.232. The Balaban J connectivity index is 1.73. The minimum Gasteiger partial charge on any atom is -0.487 e. The normalized spacial score (nSPS) is 15.4. The van der Waals surface area contributed by atoms with E-state index in [1.807, 2.05) is 42.5 Å². The maximum absolute atomic E-state index is 12.6. The molecule has 1 aliphatic heterocycles. The molecular formula is C21H19I2NO4S. The zero-order valence-corrected chi connectivity index (χ0v) is 20.8. The highest BCUT2D eigenvalue weighted by Crippen LogP contribution is 2.35. The molecule has 0 unspecified atom stereocenters. The second kappa shape index (κ2) is 10.8. The third kappa shape index (κ3) is 5.96. The quantitative estimate of drug-likeness (QED) is 0.217. The van der Waals surface area contributed by atoms with Gasteiger partial charge in [-0.25, -0.2) is 0 Å². The van der Waals surface area contributed by atoms with Crippen LogP contribution in [0, 0.1) is 7.14 Å². The van der Waals surface area contributed by atoms with Gasteiger partial charge in [-0.05, 0) is 92.7 Å². The van der Waals surface area contributed by atoms with E-state index in [2.05, 4.69) is 45.2 Å². The van der Waals surface area contributed by atoms with E-state index in [1.165, 1.54) is 4.90 Å². The number of rotatable bonds is 8. The molecule has 3 rings (SSSR count). The molecule has 0 radical (unpaired) electrons. The summed E-state index contributed by atoms with van der Waals surface area (Å²) in [6.07, 6.45) is 2.40. The Morgan fingerprint density at radius 3 is 2.45 bits per heavy atom. The van der Waals surface area contributed by atoms with Crippen LogP contribution in [0.4, 0.5) is 4.79 Å². The fraction of sp³-hybridized carbons (Fsp3) is 0.238. The number of carbonyl (C=O) groups is 2. The minimum atomic E-state index is -0.245. The summed E-state index contributed by atoms with van der Waals surface area (Å²) in [4.78, 5) is 26.4. The smallest absolute Gasteiger partial charge is 0.293 e. The molecule has 2 aromatic carbocycles. The van der Waals surface area contributed by atoms with Gasteiger partial charge in [-0.2, -0.15) is 0 Å². The highest BCUT2D eigenvalue weighted by atomic mass is 127. The molecule has 0 bridgehead atoms. The number of hydrogen-bond acceptors (Lipinski definition) is 5. The molecule has 0 aliphatic carbocycles. The lowest BCUT2D eigenvalue weighted by atomic mass is 10.2. The fourth-order valence-electron chi connectivity index (χ4n) is 2.74. The van der Waals surface area contributed by atoms with Crippen LogP contribution in [0.2, 0.25) is 0 Å². The third-order valence-electron chi connectivity index (χ3n) is 4.15. The highest BCUT2D eigenvalue weighted by Gasteiger charge is 2.34. The summed E-state index contributed by atoms with van der Waals surface area (Å²) in [5.41, 5.74) is 1.97. The highest BCUT2D eigenvalue weighted by molar-refractivity contribution is 14.1. The van der Waals surface area contributed by atoms with Crippen LogP contribution in [-0.2, 0) is 16.1 Å². The fourth-order valence-corrected chi connectivity index (χ4v) is 5.73. The summed E-state index contributed by atoms with van der Waals surface area (Å²) in [7, 11) is 1.60. The van der Waals surface area contributed by atoms with Crippen molar-refractivity contribution in [2.24, 2.45) is 0 Å². The van der Waals surface area contributed by atoms with Crippen LogP contribution in [0.3, 0.4) is 0 Å². The number of hydrogen-bond donors (Lipinski definition) is 0. The van der Waals surface area contributed by atoms with Gasteiger partial charge in [-0.15, -0.1) is 0 Å². The number of halogens is 2. The Hall–Kier alpha value is -1.11. The predicted octanol–water partition coefficient (Wildman–Crippen LogP) is 5.55. The van der Waals surface area contributed by atoms with E-state index >= 15 is 0 Å². The first-order valence-corrected chi connectivity index (χ1v) is 11.9. The second-order valence-electron chi connectivity index (χ2n) is 6.27. The van der Waals surface area contributed by atoms with Crippen LogP contribution in [0.1, 0.15) is 17.5 Å². The largest absolute Gasteiger partial charge is 0.487 e. The van der Waals surface area contributed by atoms with Crippen molar-refractivity contribution in [3.8, 4) is 5.75 Å². The Kier molecular flexibility index (Phi) is 8.39. The van der Waals surface area contributed by atoms with E-state index in [1.54, 1.807) is 13.2 Å². The van der Waals surface area contributed by atoms with Crippen molar-refractivity contribution in [2.45, 2.75) is 13.0 Å². The van der Waals surface area contributed by atoms with Crippen LogP contribution in [0.25, 0.3) is 6.08 Å². The maximum atomic E-state index is 12.6. The lowest BCUT2D eigenvalue weighted by molar-refractivity contribution is -0.122. The molecular weight excluding hydrogens is 616 g/mol. The lowest BCUT2D eigenvalue weighted by Crippen LogP contribution is -2.29. The Morgan fingerprint density at radius 1 is 1.10 bits per heavy atom. The number of carbonyl (C=O) groups excluding carboxylic acids is 2. The third-order valence-corrected chi connectivity index (χ3v) is 6.66. The summed E-state index contributed by atoms with van der Waals surface area (Å²) in [6, 6.07) is 13.9. The number of nitrogens with zero attached hydrogens (tertiary/aromatic N) is 1. The molecule has 5 nitrogen and oxygen atoms in total. The maximum Gasteiger partial charge on any atom is 0.293 e. The molecule has 0 saturated carbocycles. The summed E-state index contributed by atoms with van der Waals surface area (Å²) in [6.45, 7) is 1.38. The molecule has 0 N–H and O–H groups in total. The summed E-state index contributed by atoms with van der Waals surface area (Å²) >= 11 is 5.45. The van der Waals surface area contributed by atoms with E-state index < -0.39 is 0 Å². The van der Waals surface area contributed by atoms with Crippen LogP contribution < -0.4 is 4.74 Å². The van der Waals surface area contributed by atoms with E-state index in [4.69, 9.17) is 9.47 Å². The number of benzene rings is 2. The molecule has 0 aromatic heterocycles. The van der Waals surface area contributed by atoms with Gasteiger partial charge in [-0.1, -0.05) is 30.3 Å². The molecule has 0 spiro atoms. The molecule has 29 heavy (non-hydrogen) atoms. The van der Waals surface area contributed by atoms with E-state index in [9.17, 15) is 9.59 Å². The molecule has 2 amide bonds. The minimum absolute atomic E-state index is 0.232. The number of thioether (sulfide) groups is 1. The van der Waals surface area contributed by atoms with E-state index in [0.717, 1.165) is 35.8 Å². The molecule has 1 aliphatic rings. The van der Waals surface area contributed by atoms with Gasteiger partial charge in [0.05, 0.1) is 12.0 Å². The van der Waals surface area contributed by atoms with E-state index in [0.29, 0.717) is 31.1 Å². The zero-order chi connectivity index (χ0) is 20.8. The molecule has 8 heteroatoms. The van der Waals surface area contributed by atoms with Crippen LogP contribution >= 0.6 is 56.9 Å². The molecule has 152 valence electrons. The Labute approximate surface area is 201 Å². The van der Waals surface area contributed by atoms with Gasteiger partial charge >= 0.3 is 0 Å². The van der Waals surface area contributed by atoms with Crippen LogP contribution in [-0.4, -0.2) is 36.3 Å². The van der Waals surface area contributed by atoms with Crippen LogP contribution in [0.15, 0.2) is 47.4 Å². The average Bonchev–Trinajstić information content (AvgIpc) is 2.95. The van der Waals surface area contributed by atoms with Crippen molar-refractivity contribution >= 4 is 74.2 Å². The van der Waals surface area contributed by atoms with Crippen molar-refractivity contribution in [2.75, 3.05) is 20.3 Å². The SMILES string of the molecule is COCCCN1C(=O)S/C(=C/c2cc(I)c(OCc3ccccc3)c(I)c2)C1=O. The summed E-state index contributed by atoms with van der Waals surface area (Å²) < 4.78 is 12.9. The zero-order valence-electron chi connectivity index (χ0n) is 15.7. The monoisotopic (exact) mass is 635 g/mol. The van der Waals surface area contributed by atoms with E-state index in [-0.39, 0.29) is 11.1 Å². The lowest BCUT2D eigenvalue weighted by Gasteiger charge is -2.12. The number of amides is 2. The Morgan fingerprint density at radius 2 is 1.79 bits per heavy atom. The molecule has 2 aromatic rings. The first-order chi connectivity index (χ1) is 14.0. The molecule has 1 heterocycles. The molecule has 1 fully saturated rings. The first-order valence-electron chi connectivity index (χ1n) is 8.89. The van der Waals surface area contributed by atoms with Crippen molar-refractivity contribution in [1.82, 2.24) is 4.90 Å². The van der Waals surface area contributed by atoms with Gasteiger partial charge in [0, 0.05) is 20.3 Å². The van der Waals surface area contributed by atoms with Crippen molar-refractivity contribution in [3.63, 3.8) is 0 Å². The molecule has 0 atom stereocenters. The Bertz CT molecular complexity index is 911. The summed E-state index contributed by atoms with van der Waals surface area (Å²) in [5.74, 6) is 0.574. The van der Waals surface area contributed by atoms with Crippen molar-refractivity contribution in [1.29, 1.82) is 0 Å². The number of methoxy groups -OCH3 is 1.